The molecule has 1 aromatic heterocycles. The fraction of sp³-hybridized carbons (Fsp3) is 0.0541. The number of rotatable bonds is 7. The van der Waals surface area contributed by atoms with E-state index in [-0.39, 0.29) is 22.6 Å². The number of hydrogen-bond acceptors (Lipinski definition) is 10. The first-order valence-electron chi connectivity index (χ1n) is 15.2. The van der Waals surface area contributed by atoms with Gasteiger partial charge in [0.25, 0.3) is 11.8 Å². The lowest BCUT2D eigenvalue weighted by Crippen LogP contribution is -2.32. The highest BCUT2D eigenvalue weighted by Gasteiger charge is 2.30. The van der Waals surface area contributed by atoms with Gasteiger partial charge in [-0.1, -0.05) is 48.5 Å². The lowest BCUT2D eigenvalue weighted by atomic mass is 9.89. The number of benzene rings is 4. The van der Waals surface area contributed by atoms with Crippen molar-refractivity contribution in [3.63, 3.8) is 0 Å². The number of amides is 2. The minimum absolute atomic E-state index is 0.00540. The zero-order valence-electron chi connectivity index (χ0n) is 26.2. The molecular formula is C37H27N7O5. The molecule has 0 radical (unpaired) electrons. The van der Waals surface area contributed by atoms with Crippen molar-refractivity contribution in [2.45, 2.75) is 0 Å². The molecule has 0 atom stereocenters. The van der Waals surface area contributed by atoms with Crippen LogP contribution in [0, 0.1) is 0 Å². The summed E-state index contributed by atoms with van der Waals surface area (Å²) in [6.07, 6.45) is 3.13. The van der Waals surface area contributed by atoms with Crippen molar-refractivity contribution in [2.24, 2.45) is 10.2 Å². The molecule has 2 aliphatic rings. The SMILES string of the molecule is CNC(=O)C1=Cc2ccccc2C(=NNc2ccc(-c3nc4ccc(NN=C5C(=O)C(C(=O)NC)=Cc6ccccc65)cc4o3)cc2)C1=O. The molecule has 0 fully saturated rings. The van der Waals surface area contributed by atoms with Gasteiger partial charge in [0.2, 0.25) is 17.5 Å². The van der Waals surface area contributed by atoms with E-state index in [2.05, 4.69) is 36.7 Å². The lowest BCUT2D eigenvalue weighted by molar-refractivity contribution is -0.121. The number of carbonyl (C=O) groups excluding carboxylic acids is 4. The van der Waals surface area contributed by atoms with Gasteiger partial charge in [0.05, 0.1) is 22.5 Å². The highest BCUT2D eigenvalue weighted by atomic mass is 16.3. The normalized spacial score (nSPS) is 15.3. The fourth-order valence-electron chi connectivity index (χ4n) is 5.49. The third kappa shape index (κ3) is 5.78. The van der Waals surface area contributed by atoms with Gasteiger partial charge in [0.15, 0.2) is 5.58 Å². The van der Waals surface area contributed by atoms with E-state index in [0.717, 1.165) is 5.56 Å². The molecule has 0 saturated heterocycles. The van der Waals surface area contributed by atoms with Gasteiger partial charge in [0.1, 0.15) is 16.9 Å². The maximum absolute atomic E-state index is 13.2. The fourth-order valence-corrected chi connectivity index (χ4v) is 5.49. The molecule has 1 heterocycles. The summed E-state index contributed by atoms with van der Waals surface area (Å²) in [7, 11) is 2.94. The summed E-state index contributed by atoms with van der Waals surface area (Å²) in [5.41, 5.74) is 11.7. The van der Waals surface area contributed by atoms with Gasteiger partial charge in [-0.15, -0.1) is 0 Å². The summed E-state index contributed by atoms with van der Waals surface area (Å²) in [6.45, 7) is 0. The maximum Gasteiger partial charge on any atom is 0.255 e. The van der Waals surface area contributed by atoms with Crippen molar-refractivity contribution >= 4 is 69.4 Å². The van der Waals surface area contributed by atoms with Gasteiger partial charge in [-0.05, 0) is 59.7 Å². The quantitative estimate of drug-likeness (QED) is 0.147. The van der Waals surface area contributed by atoms with Crippen LogP contribution in [-0.2, 0) is 19.2 Å². The predicted molar refractivity (Wildman–Crippen MR) is 187 cm³/mol. The number of anilines is 2. The Kier molecular flexibility index (Phi) is 7.94. The molecule has 0 saturated carbocycles. The van der Waals surface area contributed by atoms with Gasteiger partial charge in [0, 0.05) is 36.9 Å². The van der Waals surface area contributed by atoms with Crippen molar-refractivity contribution in [3.8, 4) is 11.5 Å². The molecule has 0 bridgehead atoms. The third-order valence-corrected chi connectivity index (χ3v) is 8.01. The molecule has 240 valence electrons. The number of ketones is 2. The van der Waals surface area contributed by atoms with Gasteiger partial charge >= 0.3 is 0 Å². The van der Waals surface area contributed by atoms with E-state index in [9.17, 15) is 19.2 Å². The Morgan fingerprint density at radius 2 is 1.16 bits per heavy atom. The largest absolute Gasteiger partial charge is 0.436 e. The first kappa shape index (κ1) is 30.7. The average Bonchev–Trinajstić information content (AvgIpc) is 3.57. The number of hydrogen-bond donors (Lipinski definition) is 4. The van der Waals surface area contributed by atoms with E-state index in [1.165, 1.54) is 14.1 Å². The molecular weight excluding hydrogens is 622 g/mol. The van der Waals surface area contributed by atoms with E-state index in [1.807, 2.05) is 24.3 Å². The molecule has 2 amide bonds. The van der Waals surface area contributed by atoms with Crippen LogP contribution in [0.5, 0.6) is 0 Å². The van der Waals surface area contributed by atoms with Crippen LogP contribution in [-0.4, -0.2) is 53.9 Å². The molecule has 49 heavy (non-hydrogen) atoms. The van der Waals surface area contributed by atoms with Gasteiger partial charge in [-0.25, -0.2) is 4.98 Å². The summed E-state index contributed by atoms with van der Waals surface area (Å²) < 4.78 is 6.05. The minimum atomic E-state index is -0.487. The van der Waals surface area contributed by atoms with E-state index in [1.54, 1.807) is 78.9 Å². The molecule has 12 nitrogen and oxygen atoms in total. The average molecular weight is 650 g/mol. The Balaban J connectivity index is 1.09. The number of hydrazone groups is 2. The van der Waals surface area contributed by atoms with Crippen LogP contribution in [0.1, 0.15) is 22.3 Å². The topological polar surface area (TPSA) is 167 Å². The zero-order chi connectivity index (χ0) is 34.1. The van der Waals surface area contributed by atoms with Crippen LogP contribution in [0.3, 0.4) is 0 Å². The number of nitrogens with zero attached hydrogens (tertiary/aromatic N) is 3. The number of Topliss-reactive ketones (excluding diaryl/α,β-unsaturated/α-hetero) is 2. The van der Waals surface area contributed by atoms with Crippen LogP contribution in [0.4, 0.5) is 11.4 Å². The van der Waals surface area contributed by atoms with Crippen molar-refractivity contribution in [1.29, 1.82) is 0 Å². The second kappa shape index (κ2) is 12.7. The monoisotopic (exact) mass is 649 g/mol. The third-order valence-electron chi connectivity index (χ3n) is 8.01. The Bertz CT molecular complexity index is 2330. The summed E-state index contributed by atoms with van der Waals surface area (Å²) in [5.74, 6) is -1.55. The van der Waals surface area contributed by atoms with E-state index < -0.39 is 23.4 Å². The van der Waals surface area contributed by atoms with Crippen LogP contribution in [0.15, 0.2) is 117 Å². The Hall–Kier alpha value is -6.95. The number of aromatic nitrogens is 1. The number of fused-ring (bicyclic) bond motifs is 3. The Morgan fingerprint density at radius 3 is 1.71 bits per heavy atom. The summed E-state index contributed by atoms with van der Waals surface area (Å²) in [4.78, 5) is 55.6. The van der Waals surface area contributed by atoms with Crippen LogP contribution >= 0.6 is 0 Å². The molecule has 12 heteroatoms. The molecule has 4 aromatic carbocycles. The highest BCUT2D eigenvalue weighted by molar-refractivity contribution is 6.59. The highest BCUT2D eigenvalue weighted by Crippen LogP contribution is 2.29. The standard InChI is InChI=1S/C37H27N7O5/c1-38-35(47)27-17-21-7-3-5-9-25(21)31(33(27)45)43-41-23-13-11-20(12-14-23)37-40-29-16-15-24(19-30(29)49-37)42-44-32-26-10-6-4-8-22(26)18-28(34(32)46)36(48)39-2/h3-19,41-42H,1-2H3,(H,38,47)(H,39,48). The predicted octanol–water partition coefficient (Wildman–Crippen LogP) is 4.55. The zero-order valence-corrected chi connectivity index (χ0v) is 26.2. The molecule has 4 N–H and O–H groups in total. The van der Waals surface area contributed by atoms with Crippen LogP contribution < -0.4 is 21.5 Å². The van der Waals surface area contributed by atoms with Crippen molar-refractivity contribution in [3.05, 3.63) is 124 Å². The molecule has 0 aliphatic heterocycles. The van der Waals surface area contributed by atoms with Crippen LogP contribution in [0.2, 0.25) is 0 Å². The molecule has 5 aromatic rings. The number of nitrogens with one attached hydrogen (secondary N) is 4. The van der Waals surface area contributed by atoms with Gasteiger partial charge in [-0.3, -0.25) is 30.0 Å². The van der Waals surface area contributed by atoms with Gasteiger partial charge < -0.3 is 15.1 Å². The molecule has 0 spiro atoms. The van der Waals surface area contributed by atoms with Gasteiger partial charge in [-0.2, -0.15) is 10.2 Å². The van der Waals surface area contributed by atoms with E-state index in [4.69, 9.17) is 4.42 Å². The number of oxazole rings is 1. The Labute approximate surface area is 279 Å². The summed E-state index contributed by atoms with van der Waals surface area (Å²) in [6, 6.07) is 26.8. The summed E-state index contributed by atoms with van der Waals surface area (Å²) in [5, 5.41) is 13.8. The number of carbonyl (C=O) groups is 4. The van der Waals surface area contributed by atoms with E-state index >= 15 is 0 Å². The first-order chi connectivity index (χ1) is 23.8. The van der Waals surface area contributed by atoms with Crippen molar-refractivity contribution in [1.82, 2.24) is 15.6 Å². The van der Waals surface area contributed by atoms with Crippen LogP contribution in [0.25, 0.3) is 34.7 Å². The molecule has 0 unspecified atom stereocenters. The second-order valence-electron chi connectivity index (χ2n) is 11.0. The molecule has 2 aliphatic carbocycles. The number of likely N-dealkylation sites (N-methyl/N-ethyl adjacent to an activating group) is 2. The van der Waals surface area contributed by atoms with Crippen molar-refractivity contribution < 1.29 is 23.6 Å². The smallest absolute Gasteiger partial charge is 0.255 e. The second-order valence-corrected chi connectivity index (χ2v) is 11.0. The van der Waals surface area contributed by atoms with Crippen molar-refractivity contribution in [2.75, 3.05) is 24.9 Å². The minimum Gasteiger partial charge on any atom is -0.436 e. The lowest BCUT2D eigenvalue weighted by Gasteiger charge is -2.16. The summed E-state index contributed by atoms with van der Waals surface area (Å²) >= 11 is 0. The van der Waals surface area contributed by atoms with E-state index in [0.29, 0.717) is 50.6 Å². The Morgan fingerprint density at radius 1 is 0.653 bits per heavy atom. The first-order valence-corrected chi connectivity index (χ1v) is 15.2. The molecule has 7 rings (SSSR count). The maximum atomic E-state index is 13.2.